The average Bonchev–Trinajstić information content (AvgIpc) is 2.97. The minimum Gasteiger partial charge on any atom is -0.497 e. The molecule has 42 heavy (non-hydrogen) atoms. The van der Waals surface area contributed by atoms with Crippen LogP contribution in [-0.2, 0) is 26.2 Å². The van der Waals surface area contributed by atoms with E-state index in [4.69, 9.17) is 4.74 Å². The number of carbonyl (C=O) groups is 2. The predicted octanol–water partition coefficient (Wildman–Crippen LogP) is 5.54. The summed E-state index contributed by atoms with van der Waals surface area (Å²) in [6, 6.07) is 18.5. The van der Waals surface area contributed by atoms with Gasteiger partial charge >= 0.3 is 0 Å². The Morgan fingerprint density at radius 1 is 0.881 bits per heavy atom. The van der Waals surface area contributed by atoms with Gasteiger partial charge in [0.15, 0.2) is 0 Å². The molecule has 9 heteroatoms. The van der Waals surface area contributed by atoms with E-state index < -0.39 is 28.5 Å². The Hall–Kier alpha value is -3.85. The largest absolute Gasteiger partial charge is 0.497 e. The monoisotopic (exact) mass is 593 g/mol. The highest BCUT2D eigenvalue weighted by Crippen LogP contribution is 2.29. The van der Waals surface area contributed by atoms with E-state index in [1.54, 1.807) is 49.6 Å². The molecule has 0 aliphatic heterocycles. The van der Waals surface area contributed by atoms with E-state index in [0.29, 0.717) is 23.4 Å². The van der Waals surface area contributed by atoms with Crippen LogP contribution in [0.1, 0.15) is 55.9 Å². The van der Waals surface area contributed by atoms with Gasteiger partial charge in [0.2, 0.25) is 11.8 Å². The van der Waals surface area contributed by atoms with Crippen molar-refractivity contribution in [3.8, 4) is 5.75 Å². The lowest BCUT2D eigenvalue weighted by molar-refractivity contribution is -0.140. The first-order valence-electron chi connectivity index (χ1n) is 14.3. The fourth-order valence-electron chi connectivity index (χ4n) is 4.63. The van der Waals surface area contributed by atoms with E-state index >= 15 is 0 Å². The molecule has 0 saturated heterocycles. The van der Waals surface area contributed by atoms with Crippen LogP contribution in [0.3, 0.4) is 0 Å². The zero-order valence-electron chi connectivity index (χ0n) is 25.7. The molecule has 0 bridgehead atoms. The molecule has 0 aliphatic rings. The van der Waals surface area contributed by atoms with E-state index in [2.05, 4.69) is 5.32 Å². The van der Waals surface area contributed by atoms with Crippen LogP contribution >= 0.6 is 0 Å². The van der Waals surface area contributed by atoms with E-state index in [1.807, 2.05) is 65.8 Å². The van der Waals surface area contributed by atoms with Crippen molar-refractivity contribution in [2.24, 2.45) is 0 Å². The third-order valence-corrected chi connectivity index (χ3v) is 9.19. The molecule has 0 aliphatic carbocycles. The second-order valence-corrected chi connectivity index (χ2v) is 12.6. The summed E-state index contributed by atoms with van der Waals surface area (Å²) < 4.78 is 34.7. The lowest BCUT2D eigenvalue weighted by atomic mass is 10.1. The molecule has 0 saturated carbocycles. The average molecular weight is 594 g/mol. The van der Waals surface area contributed by atoms with E-state index in [0.717, 1.165) is 23.1 Å². The smallest absolute Gasteiger partial charge is 0.264 e. The molecular weight excluding hydrogens is 550 g/mol. The SMILES string of the molecule is CC[C@@H](C)NC(=O)[C@H](CC)N(Cc1ccc(OC)cc1)C(=O)CN(c1cc(C)ccc1C)S(=O)(=O)c1ccc(C)cc1. The van der Waals surface area contributed by atoms with Gasteiger partial charge in [-0.2, -0.15) is 0 Å². The van der Waals surface area contributed by atoms with Gasteiger partial charge in [0.1, 0.15) is 18.3 Å². The van der Waals surface area contributed by atoms with Crippen molar-refractivity contribution in [1.29, 1.82) is 0 Å². The Kier molecular flexibility index (Phi) is 11.2. The lowest BCUT2D eigenvalue weighted by Gasteiger charge is -2.34. The molecule has 2 atom stereocenters. The number of sulfonamides is 1. The highest BCUT2D eigenvalue weighted by atomic mass is 32.2. The molecule has 226 valence electrons. The van der Waals surface area contributed by atoms with Crippen LogP contribution in [-0.4, -0.2) is 50.9 Å². The van der Waals surface area contributed by atoms with Crippen LogP contribution in [0.5, 0.6) is 5.75 Å². The minimum absolute atomic E-state index is 0.0714. The maximum atomic E-state index is 14.3. The van der Waals surface area contributed by atoms with Crippen molar-refractivity contribution >= 4 is 27.5 Å². The summed E-state index contributed by atoms with van der Waals surface area (Å²) in [7, 11) is -2.55. The van der Waals surface area contributed by atoms with Crippen molar-refractivity contribution < 1.29 is 22.7 Å². The number of carbonyl (C=O) groups excluding carboxylic acids is 2. The topological polar surface area (TPSA) is 96.0 Å². The molecule has 8 nitrogen and oxygen atoms in total. The third-order valence-electron chi connectivity index (χ3n) is 7.42. The van der Waals surface area contributed by atoms with E-state index in [9.17, 15) is 18.0 Å². The lowest BCUT2D eigenvalue weighted by Crippen LogP contribution is -2.53. The zero-order valence-corrected chi connectivity index (χ0v) is 26.5. The summed E-state index contributed by atoms with van der Waals surface area (Å²) in [5.41, 5.74) is 3.71. The number of hydrogen-bond acceptors (Lipinski definition) is 5. The number of methoxy groups -OCH3 is 1. The van der Waals surface area contributed by atoms with Crippen molar-refractivity contribution in [3.05, 3.63) is 89.0 Å². The second-order valence-electron chi connectivity index (χ2n) is 10.7. The van der Waals surface area contributed by atoms with Gasteiger partial charge in [0.05, 0.1) is 17.7 Å². The summed E-state index contributed by atoms with van der Waals surface area (Å²) in [6.45, 7) is 11.0. The Labute approximate surface area is 250 Å². The number of amides is 2. The van der Waals surface area contributed by atoms with Crippen molar-refractivity contribution in [2.75, 3.05) is 18.0 Å². The fourth-order valence-corrected chi connectivity index (χ4v) is 6.10. The van der Waals surface area contributed by atoms with Gasteiger partial charge in [0, 0.05) is 12.6 Å². The number of benzene rings is 3. The molecule has 3 aromatic carbocycles. The maximum absolute atomic E-state index is 14.3. The van der Waals surface area contributed by atoms with E-state index in [1.165, 1.54) is 9.21 Å². The van der Waals surface area contributed by atoms with E-state index in [-0.39, 0.29) is 23.4 Å². The summed E-state index contributed by atoms with van der Waals surface area (Å²) in [4.78, 5) is 29.3. The number of hydrogen-bond donors (Lipinski definition) is 1. The highest BCUT2D eigenvalue weighted by molar-refractivity contribution is 7.92. The molecule has 3 rings (SSSR count). The molecule has 0 heterocycles. The van der Waals surface area contributed by atoms with Crippen LogP contribution in [0.25, 0.3) is 0 Å². The Balaban J connectivity index is 2.09. The quantitative estimate of drug-likeness (QED) is 0.281. The highest BCUT2D eigenvalue weighted by Gasteiger charge is 2.34. The Morgan fingerprint density at radius 3 is 2.07 bits per heavy atom. The van der Waals surface area contributed by atoms with Crippen LogP contribution in [0, 0.1) is 20.8 Å². The van der Waals surface area contributed by atoms with Gasteiger partial charge < -0.3 is 15.0 Å². The predicted molar refractivity (Wildman–Crippen MR) is 167 cm³/mol. The molecule has 0 spiro atoms. The zero-order chi connectivity index (χ0) is 31.0. The molecule has 0 radical (unpaired) electrons. The first-order valence-corrected chi connectivity index (χ1v) is 15.7. The van der Waals surface area contributed by atoms with Crippen molar-refractivity contribution in [3.63, 3.8) is 0 Å². The van der Waals surface area contributed by atoms with Crippen molar-refractivity contribution in [1.82, 2.24) is 10.2 Å². The van der Waals surface area contributed by atoms with Crippen LogP contribution in [0.15, 0.2) is 71.6 Å². The molecular formula is C33H43N3O5S. The number of nitrogens with one attached hydrogen (secondary N) is 1. The van der Waals surface area contributed by atoms with Crippen molar-refractivity contribution in [2.45, 2.75) is 77.9 Å². The molecule has 0 fully saturated rings. The van der Waals surface area contributed by atoms with Gasteiger partial charge in [-0.25, -0.2) is 8.42 Å². The molecule has 1 N–H and O–H groups in total. The Morgan fingerprint density at radius 2 is 1.50 bits per heavy atom. The number of nitrogens with zero attached hydrogens (tertiary/aromatic N) is 2. The van der Waals surface area contributed by atoms with Gasteiger partial charge in [-0.05, 0) is 87.6 Å². The maximum Gasteiger partial charge on any atom is 0.264 e. The summed E-state index contributed by atoms with van der Waals surface area (Å²) in [6.07, 6.45) is 1.10. The van der Waals surface area contributed by atoms with Gasteiger partial charge in [-0.15, -0.1) is 0 Å². The summed E-state index contributed by atoms with van der Waals surface area (Å²) >= 11 is 0. The summed E-state index contributed by atoms with van der Waals surface area (Å²) in [5.74, 6) is -0.0783. The minimum atomic E-state index is -4.13. The molecule has 2 amide bonds. The normalized spacial score (nSPS) is 12.7. The number of aryl methyl sites for hydroxylation is 3. The Bertz CT molecular complexity index is 1470. The van der Waals surface area contributed by atoms with Crippen LogP contribution in [0.4, 0.5) is 5.69 Å². The second kappa shape index (κ2) is 14.4. The standard InChI is InChI=1S/C33H43N3O5S/c1-8-26(6)34-33(38)30(9-2)35(21-27-14-16-28(41-7)17-15-27)32(37)22-36(31-20-24(4)10-13-25(31)5)42(39,40)29-18-11-23(3)12-19-29/h10-20,26,30H,8-9,21-22H2,1-7H3,(H,34,38)/t26-,30+/m1/s1. The molecule has 0 unspecified atom stereocenters. The first-order chi connectivity index (χ1) is 19.9. The van der Waals surface area contributed by atoms with Crippen LogP contribution < -0.4 is 14.4 Å². The van der Waals surface area contributed by atoms with Gasteiger partial charge in [0.25, 0.3) is 10.0 Å². The number of ether oxygens (including phenoxy) is 1. The third kappa shape index (κ3) is 7.91. The number of rotatable bonds is 13. The number of anilines is 1. The first kappa shape index (κ1) is 32.7. The fraction of sp³-hybridized carbons (Fsp3) is 0.394. The molecule has 0 aromatic heterocycles. The van der Waals surface area contributed by atoms with Gasteiger partial charge in [-0.3, -0.25) is 13.9 Å². The van der Waals surface area contributed by atoms with Gasteiger partial charge in [-0.1, -0.05) is 55.8 Å². The molecule has 3 aromatic rings. The van der Waals surface area contributed by atoms with Crippen LogP contribution in [0.2, 0.25) is 0 Å². The summed E-state index contributed by atoms with van der Waals surface area (Å²) in [5, 5.41) is 3.00.